The summed E-state index contributed by atoms with van der Waals surface area (Å²) in [5, 5.41) is 0.289. The van der Waals surface area contributed by atoms with E-state index in [1.54, 1.807) is 14.2 Å². The fourth-order valence-corrected chi connectivity index (χ4v) is 3.97. The van der Waals surface area contributed by atoms with Crippen LogP contribution < -0.4 is 14.4 Å². The number of halogens is 1. The maximum absolute atomic E-state index is 6.57. The number of ether oxygens (including phenoxy) is 2. The topological polar surface area (TPSA) is 21.7 Å². The van der Waals surface area contributed by atoms with Crippen LogP contribution in [0.15, 0.2) is 12.1 Å². The molecule has 1 aromatic carbocycles. The molecule has 0 spiro atoms. The molecule has 2 aliphatic rings. The van der Waals surface area contributed by atoms with E-state index in [-0.39, 0.29) is 5.38 Å². The van der Waals surface area contributed by atoms with Crippen molar-refractivity contribution in [3.8, 4) is 11.5 Å². The fraction of sp³-hybridized carbons (Fsp3) is 0.625. The molecule has 1 aromatic rings. The normalized spacial score (nSPS) is 28.0. The molecule has 2 bridgehead atoms. The van der Waals surface area contributed by atoms with Gasteiger partial charge >= 0.3 is 0 Å². The number of anilines is 1. The monoisotopic (exact) mass is 295 g/mol. The maximum atomic E-state index is 6.57. The van der Waals surface area contributed by atoms with E-state index in [1.165, 1.54) is 11.3 Å². The largest absolute Gasteiger partial charge is 0.493 e. The van der Waals surface area contributed by atoms with Crippen molar-refractivity contribution in [1.29, 1.82) is 0 Å². The van der Waals surface area contributed by atoms with Gasteiger partial charge in [0.05, 0.1) is 14.2 Å². The third-order valence-electron chi connectivity index (χ3n) is 4.73. The fourth-order valence-electron chi connectivity index (χ4n) is 3.59. The second-order valence-electron chi connectivity index (χ2n) is 5.77. The number of hydrogen-bond acceptors (Lipinski definition) is 3. The first-order chi connectivity index (χ1) is 9.67. The summed E-state index contributed by atoms with van der Waals surface area (Å²) >= 11 is 6.57. The number of piperidine rings is 1. The molecule has 2 aliphatic heterocycles. The molecule has 0 aliphatic carbocycles. The number of hydrogen-bond donors (Lipinski definition) is 0. The summed E-state index contributed by atoms with van der Waals surface area (Å²) < 4.78 is 10.9. The molecule has 0 unspecified atom stereocenters. The molecule has 0 saturated carbocycles. The molecule has 3 rings (SSSR count). The Balaban J connectivity index is 2.06. The Kier molecular flexibility index (Phi) is 3.72. The van der Waals surface area contributed by atoms with Crippen LogP contribution in [-0.2, 0) is 6.42 Å². The first kappa shape index (κ1) is 13.9. The lowest BCUT2D eigenvalue weighted by Gasteiger charge is -2.48. The van der Waals surface area contributed by atoms with E-state index < -0.39 is 0 Å². The Morgan fingerprint density at radius 1 is 1.25 bits per heavy atom. The maximum Gasteiger partial charge on any atom is 0.162 e. The summed E-state index contributed by atoms with van der Waals surface area (Å²) in [6.45, 7) is 3.30. The molecular weight excluding hydrogens is 274 g/mol. The first-order valence-corrected chi connectivity index (χ1v) is 7.77. The van der Waals surface area contributed by atoms with Crippen molar-refractivity contribution in [2.75, 3.05) is 25.7 Å². The summed E-state index contributed by atoms with van der Waals surface area (Å²) in [5.41, 5.74) is 2.64. The Labute approximate surface area is 125 Å². The van der Waals surface area contributed by atoms with Crippen molar-refractivity contribution in [2.24, 2.45) is 5.92 Å². The van der Waals surface area contributed by atoms with Gasteiger partial charge in [-0.25, -0.2) is 0 Å². The Morgan fingerprint density at radius 3 is 2.60 bits per heavy atom. The van der Waals surface area contributed by atoms with Crippen LogP contribution in [0.25, 0.3) is 0 Å². The summed E-state index contributed by atoms with van der Waals surface area (Å²) in [6, 6.07) is 4.78. The number of nitrogens with zero attached hydrogens (tertiary/aromatic N) is 1. The second-order valence-corrected chi connectivity index (χ2v) is 6.33. The zero-order valence-corrected chi connectivity index (χ0v) is 13.1. The van der Waals surface area contributed by atoms with E-state index in [0.29, 0.717) is 12.0 Å². The molecule has 0 radical (unpaired) electrons. The van der Waals surface area contributed by atoms with Gasteiger partial charge in [0, 0.05) is 29.7 Å². The molecule has 1 fully saturated rings. The Morgan fingerprint density at radius 2 is 1.95 bits per heavy atom. The quantitative estimate of drug-likeness (QED) is 0.797. The molecule has 0 N–H and O–H groups in total. The third-order valence-corrected chi connectivity index (χ3v) is 5.26. The number of alkyl halides is 1. The molecule has 0 amide bonds. The molecular formula is C16H22ClNO2. The van der Waals surface area contributed by atoms with Crippen molar-refractivity contribution < 1.29 is 9.47 Å². The van der Waals surface area contributed by atoms with Crippen LogP contribution in [0, 0.1) is 5.92 Å². The van der Waals surface area contributed by atoms with E-state index >= 15 is 0 Å². The number of methoxy groups -OCH3 is 2. The zero-order valence-electron chi connectivity index (χ0n) is 12.4. The van der Waals surface area contributed by atoms with E-state index in [1.807, 2.05) is 0 Å². The van der Waals surface area contributed by atoms with Crippen LogP contribution in [0.4, 0.5) is 5.69 Å². The predicted octanol–water partition coefficient (Wildman–Crippen LogP) is 3.47. The molecule has 3 atom stereocenters. The molecule has 0 aromatic heterocycles. The summed E-state index contributed by atoms with van der Waals surface area (Å²) in [5.74, 6) is 2.17. The van der Waals surface area contributed by atoms with Gasteiger partial charge in [0.1, 0.15) is 0 Å². The van der Waals surface area contributed by atoms with Crippen molar-refractivity contribution >= 4 is 17.3 Å². The lowest BCUT2D eigenvalue weighted by Crippen LogP contribution is -2.51. The average Bonchev–Trinajstić information content (AvgIpc) is 2.49. The highest BCUT2D eigenvalue weighted by molar-refractivity contribution is 6.21. The number of benzene rings is 1. The number of fused-ring (bicyclic) bond motifs is 4. The minimum absolute atomic E-state index is 0.289. The Hall–Kier alpha value is -1.09. The van der Waals surface area contributed by atoms with Crippen molar-refractivity contribution in [1.82, 2.24) is 0 Å². The van der Waals surface area contributed by atoms with Crippen LogP contribution in [0.5, 0.6) is 11.5 Å². The van der Waals surface area contributed by atoms with Gasteiger partial charge in [0.15, 0.2) is 11.5 Å². The van der Waals surface area contributed by atoms with Gasteiger partial charge in [-0.2, -0.15) is 0 Å². The predicted molar refractivity (Wildman–Crippen MR) is 82.4 cm³/mol. The molecule has 2 heterocycles. The minimum Gasteiger partial charge on any atom is -0.493 e. The van der Waals surface area contributed by atoms with Gasteiger partial charge in [-0.15, -0.1) is 11.6 Å². The van der Waals surface area contributed by atoms with Crippen LogP contribution in [-0.4, -0.2) is 32.2 Å². The van der Waals surface area contributed by atoms with E-state index in [2.05, 4.69) is 24.0 Å². The Bertz CT molecular complexity index is 505. The zero-order chi connectivity index (χ0) is 14.3. The highest BCUT2D eigenvalue weighted by Gasteiger charge is 2.39. The van der Waals surface area contributed by atoms with Gasteiger partial charge in [-0.05, 0) is 36.8 Å². The van der Waals surface area contributed by atoms with E-state index in [0.717, 1.165) is 37.3 Å². The second kappa shape index (κ2) is 5.36. The van der Waals surface area contributed by atoms with Gasteiger partial charge in [0.2, 0.25) is 0 Å². The molecule has 110 valence electrons. The van der Waals surface area contributed by atoms with Gasteiger partial charge in [0.25, 0.3) is 0 Å². The number of rotatable bonds is 3. The summed E-state index contributed by atoms with van der Waals surface area (Å²) in [4.78, 5) is 2.52. The van der Waals surface area contributed by atoms with Crippen LogP contribution in [0.2, 0.25) is 0 Å². The standard InChI is InChI=1S/C16H22ClNO2/c1-4-12-7-13(17)11-5-10-6-15(19-2)16(20-3)8-14(10)18(12)9-11/h6,8,11-13H,4-5,7,9H2,1-3H3/t11-,12+,13-/m1/s1. The first-order valence-electron chi connectivity index (χ1n) is 7.33. The lowest BCUT2D eigenvalue weighted by atomic mass is 9.81. The highest BCUT2D eigenvalue weighted by atomic mass is 35.5. The van der Waals surface area contributed by atoms with Crippen LogP contribution >= 0.6 is 11.6 Å². The van der Waals surface area contributed by atoms with Gasteiger partial charge in [-0.1, -0.05) is 6.92 Å². The smallest absolute Gasteiger partial charge is 0.162 e. The SMILES string of the molecule is CC[C@H]1C[C@@H](Cl)[C@@H]2Cc3cc(OC)c(OC)cc3N1C2. The molecule has 3 nitrogen and oxygen atoms in total. The average molecular weight is 296 g/mol. The molecule has 20 heavy (non-hydrogen) atoms. The van der Waals surface area contributed by atoms with Gasteiger partial charge < -0.3 is 14.4 Å². The van der Waals surface area contributed by atoms with Crippen molar-refractivity contribution in [3.63, 3.8) is 0 Å². The van der Waals surface area contributed by atoms with E-state index in [9.17, 15) is 0 Å². The minimum atomic E-state index is 0.289. The van der Waals surface area contributed by atoms with Gasteiger partial charge in [-0.3, -0.25) is 0 Å². The summed E-state index contributed by atoms with van der Waals surface area (Å²) in [6.07, 6.45) is 3.25. The molecule has 4 heteroatoms. The highest BCUT2D eigenvalue weighted by Crippen LogP contribution is 2.44. The van der Waals surface area contributed by atoms with Crippen LogP contribution in [0.1, 0.15) is 25.3 Å². The third kappa shape index (κ3) is 2.12. The lowest BCUT2D eigenvalue weighted by molar-refractivity contribution is 0.332. The summed E-state index contributed by atoms with van der Waals surface area (Å²) in [7, 11) is 3.38. The molecule has 1 saturated heterocycles. The van der Waals surface area contributed by atoms with Crippen LogP contribution in [0.3, 0.4) is 0 Å². The van der Waals surface area contributed by atoms with E-state index in [4.69, 9.17) is 21.1 Å². The van der Waals surface area contributed by atoms with Crippen molar-refractivity contribution in [3.05, 3.63) is 17.7 Å². The van der Waals surface area contributed by atoms with Crippen molar-refractivity contribution in [2.45, 2.75) is 37.6 Å².